The molecule has 1 N–H and O–H groups in total. The van der Waals surface area contributed by atoms with E-state index in [1.807, 2.05) is 0 Å². The van der Waals surface area contributed by atoms with Crippen molar-refractivity contribution in [2.75, 3.05) is 33.7 Å². The molecule has 0 unspecified atom stereocenters. The van der Waals surface area contributed by atoms with E-state index in [1.54, 1.807) is 19.0 Å². The predicted octanol–water partition coefficient (Wildman–Crippen LogP) is 1.64. The van der Waals surface area contributed by atoms with E-state index in [0.717, 1.165) is 37.6 Å². The maximum absolute atomic E-state index is 13.1. The van der Waals surface area contributed by atoms with Gasteiger partial charge in [0.1, 0.15) is 11.6 Å². The summed E-state index contributed by atoms with van der Waals surface area (Å²) in [4.78, 5) is 27.7. The lowest BCUT2D eigenvalue weighted by Gasteiger charge is -2.26. The molecule has 0 radical (unpaired) electrons. The monoisotopic (exact) mass is 339 g/mol. The number of carbonyl (C=O) groups is 2. The van der Waals surface area contributed by atoms with Gasteiger partial charge < -0.3 is 10.2 Å². The van der Waals surface area contributed by atoms with Crippen molar-refractivity contribution in [3.8, 4) is 0 Å². The molecule has 0 spiro atoms. The van der Waals surface area contributed by atoms with Crippen molar-refractivity contribution in [2.45, 2.75) is 25.3 Å². The number of hydrogen-bond acceptors (Lipinski definition) is 3. The van der Waals surface area contributed by atoms with E-state index in [4.69, 9.17) is 0 Å². The minimum Gasteiger partial charge on any atom is -0.352 e. The molecule has 1 atom stereocenters. The Balaban J connectivity index is 1.78. The lowest BCUT2D eigenvalue weighted by molar-refractivity contribution is -0.133. The maximum atomic E-state index is 13.1. The molecule has 2 rings (SSSR count). The van der Waals surface area contributed by atoms with Gasteiger partial charge in [0.05, 0.1) is 6.04 Å². The van der Waals surface area contributed by atoms with E-state index in [-0.39, 0.29) is 17.5 Å². The molecule has 1 fully saturated rings. The van der Waals surface area contributed by atoms with Gasteiger partial charge in [0.25, 0.3) is 5.91 Å². The minimum absolute atomic E-state index is 0.0330. The first-order chi connectivity index (χ1) is 11.4. The predicted molar refractivity (Wildman–Crippen MR) is 86.6 cm³/mol. The zero-order valence-corrected chi connectivity index (χ0v) is 14.0. The molecule has 1 aromatic rings. The third kappa shape index (κ3) is 4.74. The number of benzene rings is 1. The fraction of sp³-hybridized carbons (Fsp3) is 0.529. The third-order valence-corrected chi connectivity index (χ3v) is 4.12. The second kappa shape index (κ2) is 8.19. The first-order valence-electron chi connectivity index (χ1n) is 8.08. The van der Waals surface area contributed by atoms with Crippen molar-refractivity contribution in [1.29, 1.82) is 0 Å². The number of halogens is 2. The SMILES string of the molecule is CN(C)C(=O)[C@@H]1CCCN1CCCNC(=O)c1cc(F)cc(F)c1. The van der Waals surface area contributed by atoms with Crippen LogP contribution in [0.3, 0.4) is 0 Å². The second-order valence-electron chi connectivity index (χ2n) is 6.19. The van der Waals surface area contributed by atoms with Crippen molar-refractivity contribution in [1.82, 2.24) is 15.1 Å². The molecular weight excluding hydrogens is 316 g/mol. The van der Waals surface area contributed by atoms with Gasteiger partial charge >= 0.3 is 0 Å². The smallest absolute Gasteiger partial charge is 0.251 e. The van der Waals surface area contributed by atoms with Crippen molar-refractivity contribution < 1.29 is 18.4 Å². The Morgan fingerprint density at radius 3 is 2.54 bits per heavy atom. The molecule has 2 amide bonds. The van der Waals surface area contributed by atoms with E-state index in [0.29, 0.717) is 19.5 Å². The standard InChI is InChI=1S/C17H23F2N3O2/c1-21(2)17(24)15-5-3-7-22(15)8-4-6-20-16(23)12-9-13(18)11-14(19)10-12/h9-11,15H,3-8H2,1-2H3,(H,20,23)/t15-/m0/s1. The Morgan fingerprint density at radius 2 is 1.92 bits per heavy atom. The van der Waals surface area contributed by atoms with Crippen LogP contribution < -0.4 is 5.32 Å². The summed E-state index contributed by atoms with van der Waals surface area (Å²) in [7, 11) is 3.49. The Kier molecular flexibility index (Phi) is 6.25. The molecule has 0 saturated carbocycles. The quantitative estimate of drug-likeness (QED) is 0.802. The minimum atomic E-state index is -0.776. The van der Waals surface area contributed by atoms with Crippen LogP contribution in [0.25, 0.3) is 0 Å². The molecular formula is C17H23F2N3O2. The van der Waals surface area contributed by atoms with Crippen LogP contribution in [0.5, 0.6) is 0 Å². The second-order valence-corrected chi connectivity index (χ2v) is 6.19. The summed E-state index contributed by atoms with van der Waals surface area (Å²) in [5.41, 5.74) is -0.0330. The topological polar surface area (TPSA) is 52.7 Å². The highest BCUT2D eigenvalue weighted by atomic mass is 19.1. The lowest BCUT2D eigenvalue weighted by atomic mass is 10.2. The van der Waals surface area contributed by atoms with Crippen molar-refractivity contribution in [3.63, 3.8) is 0 Å². The van der Waals surface area contributed by atoms with Crippen molar-refractivity contribution >= 4 is 11.8 Å². The fourth-order valence-corrected chi connectivity index (χ4v) is 2.94. The summed E-state index contributed by atoms with van der Waals surface area (Å²) in [5, 5.41) is 2.65. The highest BCUT2D eigenvalue weighted by Crippen LogP contribution is 2.18. The summed E-state index contributed by atoms with van der Waals surface area (Å²) in [6.07, 6.45) is 2.51. The highest BCUT2D eigenvalue weighted by molar-refractivity contribution is 5.94. The number of nitrogens with one attached hydrogen (secondary N) is 1. The van der Waals surface area contributed by atoms with Crippen LogP contribution in [-0.2, 0) is 4.79 Å². The van der Waals surface area contributed by atoms with Gasteiger partial charge in [-0.25, -0.2) is 8.78 Å². The molecule has 0 aromatic heterocycles. The number of nitrogens with zero attached hydrogens (tertiary/aromatic N) is 2. The Morgan fingerprint density at radius 1 is 1.25 bits per heavy atom. The molecule has 5 nitrogen and oxygen atoms in total. The molecule has 1 aliphatic heterocycles. The summed E-state index contributed by atoms with van der Waals surface area (Å²) in [6, 6.07) is 2.65. The van der Waals surface area contributed by atoms with Crippen LogP contribution in [-0.4, -0.2) is 61.4 Å². The maximum Gasteiger partial charge on any atom is 0.251 e. The molecule has 132 valence electrons. The molecule has 1 heterocycles. The average molecular weight is 339 g/mol. The zero-order valence-electron chi connectivity index (χ0n) is 14.0. The molecule has 1 saturated heterocycles. The van der Waals surface area contributed by atoms with Crippen molar-refractivity contribution in [3.05, 3.63) is 35.4 Å². The van der Waals surface area contributed by atoms with E-state index in [1.165, 1.54) is 0 Å². The van der Waals surface area contributed by atoms with Crippen LogP contribution >= 0.6 is 0 Å². The van der Waals surface area contributed by atoms with Gasteiger partial charge in [0.2, 0.25) is 5.91 Å². The van der Waals surface area contributed by atoms with Gasteiger partial charge in [-0.15, -0.1) is 0 Å². The summed E-state index contributed by atoms with van der Waals surface area (Å²) < 4.78 is 26.2. The lowest BCUT2D eigenvalue weighted by Crippen LogP contribution is -2.43. The number of carbonyl (C=O) groups excluding carboxylic acids is 2. The van der Waals surface area contributed by atoms with Gasteiger partial charge in [-0.05, 0) is 37.9 Å². The average Bonchev–Trinajstić information content (AvgIpc) is 2.97. The first-order valence-corrected chi connectivity index (χ1v) is 8.08. The van der Waals surface area contributed by atoms with Crippen LogP contribution in [0.2, 0.25) is 0 Å². The van der Waals surface area contributed by atoms with E-state index in [9.17, 15) is 18.4 Å². The highest BCUT2D eigenvalue weighted by Gasteiger charge is 2.30. The number of rotatable bonds is 6. The van der Waals surface area contributed by atoms with Gasteiger partial charge in [-0.3, -0.25) is 14.5 Å². The van der Waals surface area contributed by atoms with Gasteiger partial charge in [-0.2, -0.15) is 0 Å². The van der Waals surface area contributed by atoms with E-state index in [2.05, 4.69) is 10.2 Å². The largest absolute Gasteiger partial charge is 0.352 e. The summed E-state index contributed by atoms with van der Waals surface area (Å²) in [5.74, 6) is -1.95. The third-order valence-electron chi connectivity index (χ3n) is 4.12. The number of likely N-dealkylation sites (tertiary alicyclic amines) is 1. The molecule has 1 aliphatic rings. The Labute approximate surface area is 140 Å². The van der Waals surface area contributed by atoms with Crippen LogP contribution in [0.15, 0.2) is 18.2 Å². The normalized spacial score (nSPS) is 17.8. The van der Waals surface area contributed by atoms with Crippen LogP contribution in [0, 0.1) is 11.6 Å². The molecule has 0 bridgehead atoms. The number of amides is 2. The molecule has 1 aromatic carbocycles. The molecule has 24 heavy (non-hydrogen) atoms. The zero-order chi connectivity index (χ0) is 17.7. The molecule has 0 aliphatic carbocycles. The van der Waals surface area contributed by atoms with Crippen LogP contribution in [0.1, 0.15) is 29.6 Å². The summed E-state index contributed by atoms with van der Waals surface area (Å²) >= 11 is 0. The van der Waals surface area contributed by atoms with E-state index < -0.39 is 17.5 Å². The molecule has 7 heteroatoms. The van der Waals surface area contributed by atoms with Gasteiger partial charge in [0, 0.05) is 38.8 Å². The number of likely N-dealkylation sites (N-methyl/N-ethyl adjacent to an activating group) is 1. The van der Waals surface area contributed by atoms with Crippen LogP contribution in [0.4, 0.5) is 8.78 Å². The fourth-order valence-electron chi connectivity index (χ4n) is 2.94. The first kappa shape index (κ1) is 18.3. The van der Waals surface area contributed by atoms with Gasteiger partial charge in [0.15, 0.2) is 0 Å². The van der Waals surface area contributed by atoms with Crippen molar-refractivity contribution in [2.24, 2.45) is 0 Å². The summed E-state index contributed by atoms with van der Waals surface area (Å²) in [6.45, 7) is 1.95. The van der Waals surface area contributed by atoms with E-state index >= 15 is 0 Å². The Hall–Kier alpha value is -2.02. The number of hydrogen-bond donors (Lipinski definition) is 1. The van der Waals surface area contributed by atoms with Gasteiger partial charge in [-0.1, -0.05) is 0 Å². The Bertz CT molecular complexity index is 587.